The molecule has 1 aromatic carbocycles. The molecule has 0 bridgehead atoms. The molecule has 1 aromatic rings. The molecular weight excluding hydrogens is 286 g/mol. The molecule has 0 saturated heterocycles. The molecule has 2 aliphatic rings. The summed E-state index contributed by atoms with van der Waals surface area (Å²) in [7, 11) is 0. The Morgan fingerprint density at radius 2 is 2.11 bits per heavy atom. The van der Waals surface area contributed by atoms with Crippen molar-refractivity contribution in [3.8, 4) is 0 Å². The normalized spacial score (nSPS) is 21.3. The van der Waals surface area contributed by atoms with Gasteiger partial charge in [0.1, 0.15) is 0 Å². The molecule has 0 spiro atoms. The third kappa shape index (κ3) is 2.20. The summed E-state index contributed by atoms with van der Waals surface area (Å²) in [5.74, 6) is 0. The van der Waals surface area contributed by atoms with Crippen LogP contribution in [0.25, 0.3) is 0 Å². The first-order chi connectivity index (χ1) is 8.72. The second-order valence-corrected chi connectivity index (χ2v) is 6.71. The zero-order chi connectivity index (χ0) is 12.6. The SMILES string of the molecule is Cc1ccc2c(c1)CCCN2CC1(CBr)CCC1. The fourth-order valence-electron chi connectivity index (χ4n) is 3.38. The molecule has 0 unspecified atom stereocenters. The zero-order valence-electron chi connectivity index (χ0n) is 11.2. The van der Waals surface area contributed by atoms with Crippen molar-refractivity contribution < 1.29 is 0 Å². The van der Waals surface area contributed by atoms with Gasteiger partial charge in [-0.3, -0.25) is 0 Å². The van der Waals surface area contributed by atoms with Crippen molar-refractivity contribution in [2.75, 3.05) is 23.3 Å². The van der Waals surface area contributed by atoms with Crippen molar-refractivity contribution in [1.82, 2.24) is 0 Å². The van der Waals surface area contributed by atoms with E-state index in [1.54, 1.807) is 5.56 Å². The Morgan fingerprint density at radius 1 is 1.28 bits per heavy atom. The highest BCUT2D eigenvalue weighted by molar-refractivity contribution is 9.09. The van der Waals surface area contributed by atoms with E-state index in [1.165, 1.54) is 56.4 Å². The number of hydrogen-bond acceptors (Lipinski definition) is 1. The molecule has 1 nitrogen and oxygen atoms in total. The van der Waals surface area contributed by atoms with Crippen LogP contribution in [0, 0.1) is 12.3 Å². The molecule has 1 saturated carbocycles. The third-order valence-corrected chi connectivity index (χ3v) is 5.86. The summed E-state index contributed by atoms with van der Waals surface area (Å²) < 4.78 is 0. The summed E-state index contributed by atoms with van der Waals surface area (Å²) in [4.78, 5) is 2.64. The Bertz CT molecular complexity index is 431. The average molecular weight is 308 g/mol. The van der Waals surface area contributed by atoms with Crippen LogP contribution in [0.5, 0.6) is 0 Å². The molecule has 0 aromatic heterocycles. The topological polar surface area (TPSA) is 3.24 Å². The van der Waals surface area contributed by atoms with Crippen molar-refractivity contribution in [3.63, 3.8) is 0 Å². The van der Waals surface area contributed by atoms with Crippen LogP contribution in [0.3, 0.4) is 0 Å². The second kappa shape index (κ2) is 4.88. The van der Waals surface area contributed by atoms with Gasteiger partial charge in [0.25, 0.3) is 0 Å². The van der Waals surface area contributed by atoms with E-state index in [4.69, 9.17) is 0 Å². The van der Waals surface area contributed by atoms with Crippen molar-refractivity contribution >= 4 is 21.6 Å². The molecular formula is C16H22BrN. The largest absolute Gasteiger partial charge is 0.371 e. The fourth-order valence-corrected chi connectivity index (χ4v) is 4.12. The fraction of sp³-hybridized carbons (Fsp3) is 0.625. The maximum absolute atomic E-state index is 3.74. The van der Waals surface area contributed by atoms with Gasteiger partial charge in [-0.1, -0.05) is 40.0 Å². The summed E-state index contributed by atoms with van der Waals surface area (Å²) >= 11 is 3.74. The molecule has 1 heterocycles. The summed E-state index contributed by atoms with van der Waals surface area (Å²) in [5, 5.41) is 1.16. The van der Waals surface area contributed by atoms with Gasteiger partial charge in [0, 0.05) is 24.1 Å². The molecule has 0 radical (unpaired) electrons. The molecule has 1 aliphatic carbocycles. The van der Waals surface area contributed by atoms with Crippen LogP contribution < -0.4 is 4.90 Å². The highest BCUT2D eigenvalue weighted by Crippen LogP contribution is 2.44. The lowest BCUT2D eigenvalue weighted by molar-refractivity contribution is 0.176. The summed E-state index contributed by atoms with van der Waals surface area (Å²) in [6.45, 7) is 4.68. The van der Waals surface area contributed by atoms with Gasteiger partial charge >= 0.3 is 0 Å². The Kier molecular flexibility index (Phi) is 3.40. The number of halogens is 1. The van der Waals surface area contributed by atoms with Crippen LogP contribution in [0.4, 0.5) is 5.69 Å². The predicted molar refractivity (Wildman–Crippen MR) is 81.8 cm³/mol. The highest BCUT2D eigenvalue weighted by Gasteiger charge is 2.38. The lowest BCUT2D eigenvalue weighted by Gasteiger charge is -2.46. The molecule has 0 atom stereocenters. The van der Waals surface area contributed by atoms with Crippen LogP contribution in [-0.2, 0) is 6.42 Å². The van der Waals surface area contributed by atoms with Crippen LogP contribution in [0.2, 0.25) is 0 Å². The molecule has 18 heavy (non-hydrogen) atoms. The maximum atomic E-state index is 3.74. The van der Waals surface area contributed by atoms with E-state index >= 15 is 0 Å². The van der Waals surface area contributed by atoms with E-state index in [9.17, 15) is 0 Å². The summed E-state index contributed by atoms with van der Waals surface area (Å²) in [5.41, 5.74) is 5.01. The quantitative estimate of drug-likeness (QED) is 0.752. The number of hydrogen-bond donors (Lipinski definition) is 0. The van der Waals surface area contributed by atoms with Crippen LogP contribution in [0.15, 0.2) is 18.2 Å². The van der Waals surface area contributed by atoms with Gasteiger partial charge in [-0.25, -0.2) is 0 Å². The molecule has 0 N–H and O–H groups in total. The Hall–Kier alpha value is -0.500. The lowest BCUT2D eigenvalue weighted by Crippen LogP contribution is -2.45. The van der Waals surface area contributed by atoms with Gasteiger partial charge in [0.15, 0.2) is 0 Å². The first-order valence-electron chi connectivity index (χ1n) is 7.13. The zero-order valence-corrected chi connectivity index (χ0v) is 12.8. The van der Waals surface area contributed by atoms with Crippen LogP contribution in [-0.4, -0.2) is 18.4 Å². The Morgan fingerprint density at radius 3 is 2.78 bits per heavy atom. The highest BCUT2D eigenvalue weighted by atomic mass is 79.9. The third-order valence-electron chi connectivity index (χ3n) is 4.67. The van der Waals surface area contributed by atoms with E-state index < -0.39 is 0 Å². The van der Waals surface area contributed by atoms with Gasteiger partial charge in [-0.05, 0) is 49.7 Å². The van der Waals surface area contributed by atoms with E-state index in [-0.39, 0.29) is 0 Å². The van der Waals surface area contributed by atoms with Crippen LogP contribution in [0.1, 0.15) is 36.8 Å². The molecule has 98 valence electrons. The Balaban J connectivity index is 1.83. The molecule has 2 heteroatoms. The minimum Gasteiger partial charge on any atom is -0.371 e. The van der Waals surface area contributed by atoms with E-state index in [2.05, 4.69) is 46.0 Å². The number of anilines is 1. The van der Waals surface area contributed by atoms with E-state index in [0.717, 1.165) is 5.33 Å². The number of nitrogens with zero attached hydrogens (tertiary/aromatic N) is 1. The lowest BCUT2D eigenvalue weighted by atomic mass is 9.70. The van der Waals surface area contributed by atoms with Crippen molar-refractivity contribution in [3.05, 3.63) is 29.3 Å². The number of benzene rings is 1. The molecule has 1 fully saturated rings. The number of fused-ring (bicyclic) bond motifs is 1. The van der Waals surface area contributed by atoms with Gasteiger partial charge in [0.05, 0.1) is 0 Å². The minimum absolute atomic E-state index is 0.555. The predicted octanol–water partition coefficient (Wildman–Crippen LogP) is 4.31. The first-order valence-corrected chi connectivity index (χ1v) is 8.25. The molecule has 1 aliphatic heterocycles. The first kappa shape index (κ1) is 12.5. The van der Waals surface area contributed by atoms with Crippen LogP contribution >= 0.6 is 15.9 Å². The summed E-state index contributed by atoms with van der Waals surface area (Å²) in [6, 6.07) is 6.98. The monoisotopic (exact) mass is 307 g/mol. The molecule has 0 amide bonds. The smallest absolute Gasteiger partial charge is 0.0399 e. The Labute approximate surface area is 119 Å². The van der Waals surface area contributed by atoms with E-state index in [1.807, 2.05) is 0 Å². The van der Waals surface area contributed by atoms with Crippen molar-refractivity contribution in [2.45, 2.75) is 39.0 Å². The average Bonchev–Trinajstić information content (AvgIpc) is 2.33. The van der Waals surface area contributed by atoms with Crippen molar-refractivity contribution in [1.29, 1.82) is 0 Å². The number of alkyl halides is 1. The van der Waals surface area contributed by atoms with Gasteiger partial charge in [0.2, 0.25) is 0 Å². The standard InChI is InChI=1S/C16H22BrN/c1-13-5-6-15-14(10-13)4-2-9-18(15)12-16(11-17)7-3-8-16/h5-6,10H,2-4,7-9,11-12H2,1H3. The second-order valence-electron chi connectivity index (χ2n) is 6.14. The summed E-state index contributed by atoms with van der Waals surface area (Å²) in [6.07, 6.45) is 6.79. The minimum atomic E-state index is 0.555. The molecule has 3 rings (SSSR count). The van der Waals surface area contributed by atoms with Gasteiger partial charge < -0.3 is 4.90 Å². The number of rotatable bonds is 3. The number of aryl methyl sites for hydroxylation is 2. The maximum Gasteiger partial charge on any atom is 0.0399 e. The van der Waals surface area contributed by atoms with E-state index in [0.29, 0.717) is 5.41 Å². The van der Waals surface area contributed by atoms with Gasteiger partial charge in [-0.15, -0.1) is 0 Å². The van der Waals surface area contributed by atoms with Crippen molar-refractivity contribution in [2.24, 2.45) is 5.41 Å². The van der Waals surface area contributed by atoms with Gasteiger partial charge in [-0.2, -0.15) is 0 Å².